The molecule has 1 saturated heterocycles. The van der Waals surface area contributed by atoms with Crippen molar-refractivity contribution >= 4 is 40.9 Å². The van der Waals surface area contributed by atoms with Crippen LogP contribution in [0.2, 0.25) is 0 Å². The van der Waals surface area contributed by atoms with Gasteiger partial charge in [-0.05, 0) is 42.6 Å². The van der Waals surface area contributed by atoms with E-state index in [1.807, 2.05) is 18.2 Å². The minimum atomic E-state index is -0.817. The molecule has 0 unspecified atom stereocenters. The average molecular weight is 499 g/mol. The lowest BCUT2D eigenvalue weighted by atomic mass is 9.68. The molecule has 2 aromatic rings. The zero-order valence-electron chi connectivity index (χ0n) is 18.5. The van der Waals surface area contributed by atoms with Gasteiger partial charge in [-0.2, -0.15) is 0 Å². The lowest BCUT2D eigenvalue weighted by Crippen LogP contribution is -2.42. The van der Waals surface area contributed by atoms with Crippen molar-refractivity contribution in [1.29, 1.82) is 0 Å². The highest BCUT2D eigenvalue weighted by Crippen LogP contribution is 2.68. The number of imide groups is 1. The molecule has 4 aliphatic rings. The van der Waals surface area contributed by atoms with E-state index in [2.05, 4.69) is 17.1 Å². The zero-order chi connectivity index (χ0) is 23.6. The number of thioether (sulfide) groups is 1. The normalized spacial score (nSPS) is 33.2. The number of nitrogens with one attached hydrogen (secondary N) is 1. The molecular formula is C25H26N2O5S2. The number of carboxylic acids is 1. The summed E-state index contributed by atoms with van der Waals surface area (Å²) < 4.78 is 0. The third-order valence-corrected chi connectivity index (χ3v) is 10.8. The number of hydrogen-bond donors (Lipinski definition) is 2. The van der Waals surface area contributed by atoms with Crippen molar-refractivity contribution in [3.63, 3.8) is 0 Å². The first-order chi connectivity index (χ1) is 16.5. The molecule has 0 radical (unpaired) electrons. The molecule has 7 nitrogen and oxygen atoms in total. The predicted molar refractivity (Wildman–Crippen MR) is 128 cm³/mol. The summed E-state index contributed by atoms with van der Waals surface area (Å²) in [7, 11) is 0. The van der Waals surface area contributed by atoms with Crippen LogP contribution in [0, 0.1) is 29.6 Å². The van der Waals surface area contributed by atoms with Crippen molar-refractivity contribution in [2.75, 3.05) is 6.54 Å². The monoisotopic (exact) mass is 498 g/mol. The number of hydrogen-bond acceptors (Lipinski definition) is 6. The second-order valence-electron chi connectivity index (χ2n) is 9.90. The molecule has 6 rings (SSSR count). The summed E-state index contributed by atoms with van der Waals surface area (Å²) in [5.74, 6) is -0.847. The van der Waals surface area contributed by atoms with E-state index in [4.69, 9.17) is 5.11 Å². The number of rotatable bonds is 7. The van der Waals surface area contributed by atoms with E-state index >= 15 is 0 Å². The summed E-state index contributed by atoms with van der Waals surface area (Å²) in [4.78, 5) is 55.4. The standard InChI is InChI=1S/C25H26N2O5S2/c28-15(29)9-5-2-6-10-27-23(30)18-13-11-14(19(18)24(27)31)20-17(13)16(12-7-3-1-4-8-12)21-22(33-20)26-25(32)34-21/h1,3-4,7-8,13-14,16-20H,2,5-6,9-11H2,(H,26,32)(H,28,29)/t13-,14-,16-,17-,18+,19-,20-/m1/s1. The molecule has 0 spiro atoms. The number of likely N-dealkylation sites (tertiary alicyclic amines) is 1. The van der Waals surface area contributed by atoms with Crippen molar-refractivity contribution in [2.24, 2.45) is 29.6 Å². The Labute approximate surface area is 204 Å². The summed E-state index contributed by atoms with van der Waals surface area (Å²) in [6.07, 6.45) is 2.90. The molecule has 2 bridgehead atoms. The Morgan fingerprint density at radius 1 is 1.03 bits per heavy atom. The number of thiazole rings is 1. The van der Waals surface area contributed by atoms with E-state index in [0.29, 0.717) is 25.8 Å². The number of amides is 2. The summed E-state index contributed by atoms with van der Waals surface area (Å²) in [6.45, 7) is 0.384. The fourth-order valence-electron chi connectivity index (χ4n) is 7.06. The highest BCUT2D eigenvalue weighted by molar-refractivity contribution is 8.00. The van der Waals surface area contributed by atoms with Crippen LogP contribution >= 0.6 is 23.1 Å². The quantitative estimate of drug-likeness (QED) is 0.447. The van der Waals surface area contributed by atoms with Crippen LogP contribution < -0.4 is 4.87 Å². The maximum Gasteiger partial charge on any atom is 0.305 e. The van der Waals surface area contributed by atoms with Crippen LogP contribution in [0.15, 0.2) is 40.2 Å². The van der Waals surface area contributed by atoms with Gasteiger partial charge < -0.3 is 10.1 Å². The average Bonchev–Trinajstić information content (AvgIpc) is 3.54. The number of benzene rings is 1. The molecule has 2 saturated carbocycles. The molecule has 34 heavy (non-hydrogen) atoms. The molecule has 1 aromatic carbocycles. The molecule has 2 N–H and O–H groups in total. The van der Waals surface area contributed by atoms with Gasteiger partial charge in [-0.15, -0.1) is 11.8 Å². The van der Waals surface area contributed by atoms with Gasteiger partial charge in [0.2, 0.25) is 11.8 Å². The Balaban J connectivity index is 1.28. The lowest BCUT2D eigenvalue weighted by molar-refractivity contribution is -0.141. The van der Waals surface area contributed by atoms with Crippen molar-refractivity contribution in [2.45, 2.75) is 48.3 Å². The van der Waals surface area contributed by atoms with E-state index < -0.39 is 5.97 Å². The zero-order valence-corrected chi connectivity index (χ0v) is 20.1. The molecule has 178 valence electrons. The number of carboxylic acid groups (broad SMARTS) is 1. The van der Waals surface area contributed by atoms with Crippen LogP contribution in [0.5, 0.6) is 0 Å². The Hall–Kier alpha value is -2.39. The number of unbranched alkanes of at least 4 members (excludes halogenated alkanes) is 2. The van der Waals surface area contributed by atoms with Gasteiger partial charge in [-0.25, -0.2) is 0 Å². The number of fused-ring (bicyclic) bond motifs is 9. The fraction of sp³-hybridized carbons (Fsp3) is 0.520. The van der Waals surface area contributed by atoms with Crippen LogP contribution in [0.3, 0.4) is 0 Å². The van der Waals surface area contributed by atoms with Gasteiger partial charge in [0, 0.05) is 29.0 Å². The lowest BCUT2D eigenvalue weighted by Gasteiger charge is -2.43. The van der Waals surface area contributed by atoms with E-state index in [-0.39, 0.29) is 63.9 Å². The predicted octanol–water partition coefficient (Wildman–Crippen LogP) is 3.55. The Bertz CT molecular complexity index is 1210. The molecule has 3 fully saturated rings. The summed E-state index contributed by atoms with van der Waals surface area (Å²) in [6, 6.07) is 10.3. The number of aliphatic carboxylic acids is 1. The smallest absolute Gasteiger partial charge is 0.305 e. The maximum absolute atomic E-state index is 13.5. The summed E-state index contributed by atoms with van der Waals surface area (Å²) >= 11 is 2.99. The number of H-pyrrole nitrogens is 1. The van der Waals surface area contributed by atoms with Gasteiger partial charge in [0.05, 0.1) is 16.9 Å². The second kappa shape index (κ2) is 8.37. The third kappa shape index (κ3) is 3.31. The van der Waals surface area contributed by atoms with Gasteiger partial charge in [0.15, 0.2) is 0 Å². The number of aromatic nitrogens is 1. The maximum atomic E-state index is 13.5. The summed E-state index contributed by atoms with van der Waals surface area (Å²) in [5.41, 5.74) is 1.17. The largest absolute Gasteiger partial charge is 0.481 e. The van der Waals surface area contributed by atoms with Crippen molar-refractivity contribution in [3.8, 4) is 0 Å². The fourth-order valence-corrected chi connectivity index (χ4v) is 9.94. The van der Waals surface area contributed by atoms with E-state index in [1.165, 1.54) is 21.8 Å². The van der Waals surface area contributed by atoms with Gasteiger partial charge in [0.1, 0.15) is 0 Å². The van der Waals surface area contributed by atoms with Crippen LogP contribution in [-0.2, 0) is 14.4 Å². The molecular weight excluding hydrogens is 472 g/mol. The summed E-state index contributed by atoms with van der Waals surface area (Å²) in [5, 5.41) is 9.95. The highest BCUT2D eigenvalue weighted by atomic mass is 32.2. The van der Waals surface area contributed by atoms with Crippen molar-refractivity contribution < 1.29 is 19.5 Å². The topological polar surface area (TPSA) is 108 Å². The molecule has 2 amide bonds. The molecule has 7 atom stereocenters. The second-order valence-corrected chi connectivity index (χ2v) is 12.1. The number of aromatic amines is 1. The van der Waals surface area contributed by atoms with E-state index in [9.17, 15) is 19.2 Å². The third-order valence-electron chi connectivity index (χ3n) is 8.25. The molecule has 2 aliphatic carbocycles. The van der Waals surface area contributed by atoms with Crippen LogP contribution in [0.25, 0.3) is 0 Å². The van der Waals surface area contributed by atoms with E-state index in [0.717, 1.165) is 16.3 Å². The van der Waals surface area contributed by atoms with Crippen LogP contribution in [0.4, 0.5) is 0 Å². The highest BCUT2D eigenvalue weighted by Gasteiger charge is 2.69. The van der Waals surface area contributed by atoms with Crippen molar-refractivity contribution in [3.05, 3.63) is 50.4 Å². The Morgan fingerprint density at radius 3 is 2.50 bits per heavy atom. The molecule has 3 heterocycles. The molecule has 9 heteroatoms. The van der Waals surface area contributed by atoms with Crippen molar-refractivity contribution in [1.82, 2.24) is 9.88 Å². The number of carbonyl (C=O) groups excluding carboxylic acids is 2. The van der Waals surface area contributed by atoms with Gasteiger partial charge in [0.25, 0.3) is 0 Å². The number of nitrogens with zero attached hydrogens (tertiary/aromatic N) is 1. The first kappa shape index (κ1) is 22.1. The van der Waals surface area contributed by atoms with Gasteiger partial charge >= 0.3 is 10.8 Å². The first-order valence-electron chi connectivity index (χ1n) is 12.0. The van der Waals surface area contributed by atoms with Gasteiger partial charge in [-0.1, -0.05) is 48.1 Å². The minimum Gasteiger partial charge on any atom is -0.481 e. The van der Waals surface area contributed by atoms with Crippen LogP contribution in [-0.4, -0.2) is 44.6 Å². The molecule has 2 aliphatic heterocycles. The van der Waals surface area contributed by atoms with Gasteiger partial charge in [-0.3, -0.25) is 24.1 Å². The van der Waals surface area contributed by atoms with E-state index in [1.54, 1.807) is 11.8 Å². The number of carbonyl (C=O) groups is 3. The first-order valence-corrected chi connectivity index (χ1v) is 13.7. The minimum absolute atomic E-state index is 0.0379. The molecule has 1 aromatic heterocycles. The SMILES string of the molecule is O=C(O)CCCCCN1C(=O)[C@@H]2[C@H]3C[C@@H]([C@@H]2C1=O)[C@@H]1[C@@H](c2ccccc2)c2sc(=O)[nH]c2S[C@H]31. The van der Waals surface area contributed by atoms with Crippen LogP contribution in [0.1, 0.15) is 48.5 Å². The Kier molecular flexibility index (Phi) is 5.44. The Morgan fingerprint density at radius 2 is 1.76 bits per heavy atom.